The normalized spacial score (nSPS) is 14.8. The lowest BCUT2D eigenvalue weighted by Gasteiger charge is -2.17. The summed E-state index contributed by atoms with van der Waals surface area (Å²) in [6.07, 6.45) is 4.63. The van der Waals surface area contributed by atoms with Crippen molar-refractivity contribution in [2.45, 2.75) is 19.8 Å². The monoisotopic (exact) mass is 188 g/mol. The number of benzene rings is 1. The van der Waals surface area contributed by atoms with Crippen LogP contribution in [0.15, 0.2) is 30.3 Å². The molecule has 74 valence electrons. The van der Waals surface area contributed by atoms with E-state index in [2.05, 4.69) is 30.3 Å². The largest absolute Gasteiger partial charge is 0.377 e. The van der Waals surface area contributed by atoms with Crippen molar-refractivity contribution in [3.63, 3.8) is 0 Å². The highest BCUT2D eigenvalue weighted by atomic mass is 16.5. The second-order valence-corrected chi connectivity index (χ2v) is 3.56. The standard InChI is InChI=1S/C13H16O/c1-2-14-10-12-8-5-7-11-6-3-4-9-13(11)12/h3-4,6,8-9H,2,5,7,10H2,1H3. The molecule has 1 aliphatic rings. The molecule has 0 aromatic heterocycles. The summed E-state index contributed by atoms with van der Waals surface area (Å²) in [6.45, 7) is 3.59. The minimum Gasteiger partial charge on any atom is -0.377 e. The van der Waals surface area contributed by atoms with Gasteiger partial charge in [-0.05, 0) is 36.5 Å². The molecule has 0 fully saturated rings. The lowest BCUT2D eigenvalue weighted by atomic mass is 9.91. The van der Waals surface area contributed by atoms with Crippen molar-refractivity contribution in [2.75, 3.05) is 13.2 Å². The fraction of sp³-hybridized carbons (Fsp3) is 0.385. The predicted octanol–water partition coefficient (Wildman–Crippen LogP) is 3.05. The van der Waals surface area contributed by atoms with Crippen LogP contribution in [-0.4, -0.2) is 13.2 Å². The number of hydrogen-bond donors (Lipinski definition) is 0. The van der Waals surface area contributed by atoms with E-state index in [1.807, 2.05) is 6.92 Å². The number of fused-ring (bicyclic) bond motifs is 1. The average Bonchev–Trinajstić information content (AvgIpc) is 2.26. The van der Waals surface area contributed by atoms with E-state index in [0.717, 1.165) is 19.6 Å². The Morgan fingerprint density at radius 2 is 2.14 bits per heavy atom. The number of hydrogen-bond acceptors (Lipinski definition) is 1. The van der Waals surface area contributed by atoms with Gasteiger partial charge in [-0.25, -0.2) is 0 Å². The average molecular weight is 188 g/mol. The lowest BCUT2D eigenvalue weighted by Crippen LogP contribution is -2.04. The van der Waals surface area contributed by atoms with Gasteiger partial charge in [-0.3, -0.25) is 0 Å². The van der Waals surface area contributed by atoms with E-state index in [1.54, 1.807) is 0 Å². The minimum absolute atomic E-state index is 0.757. The summed E-state index contributed by atoms with van der Waals surface area (Å²) in [6, 6.07) is 8.63. The zero-order chi connectivity index (χ0) is 9.80. The molecule has 0 bridgehead atoms. The highest BCUT2D eigenvalue weighted by Crippen LogP contribution is 2.26. The third kappa shape index (κ3) is 1.88. The molecule has 0 saturated heterocycles. The number of aryl methyl sites for hydroxylation is 1. The first-order chi connectivity index (χ1) is 6.92. The summed E-state index contributed by atoms with van der Waals surface area (Å²) in [4.78, 5) is 0. The summed E-state index contributed by atoms with van der Waals surface area (Å²) in [7, 11) is 0. The highest BCUT2D eigenvalue weighted by Gasteiger charge is 2.10. The van der Waals surface area contributed by atoms with Crippen molar-refractivity contribution >= 4 is 5.57 Å². The van der Waals surface area contributed by atoms with Crippen LogP contribution in [0.5, 0.6) is 0 Å². The van der Waals surface area contributed by atoms with Crippen LogP contribution in [0.3, 0.4) is 0 Å². The van der Waals surface area contributed by atoms with Gasteiger partial charge in [0.1, 0.15) is 0 Å². The van der Waals surface area contributed by atoms with Crippen LogP contribution in [0, 0.1) is 0 Å². The minimum atomic E-state index is 0.757. The van der Waals surface area contributed by atoms with E-state index in [0.29, 0.717) is 0 Å². The molecule has 14 heavy (non-hydrogen) atoms. The Morgan fingerprint density at radius 1 is 1.29 bits per heavy atom. The van der Waals surface area contributed by atoms with Crippen LogP contribution in [0.25, 0.3) is 5.57 Å². The topological polar surface area (TPSA) is 9.23 Å². The quantitative estimate of drug-likeness (QED) is 0.708. The van der Waals surface area contributed by atoms with E-state index >= 15 is 0 Å². The molecule has 1 heteroatoms. The van der Waals surface area contributed by atoms with Gasteiger partial charge >= 0.3 is 0 Å². The molecule has 0 atom stereocenters. The first-order valence-corrected chi connectivity index (χ1v) is 5.27. The second kappa shape index (κ2) is 4.43. The van der Waals surface area contributed by atoms with Crippen molar-refractivity contribution in [1.82, 2.24) is 0 Å². The van der Waals surface area contributed by atoms with Crippen LogP contribution in [0.2, 0.25) is 0 Å². The molecule has 1 aromatic rings. The molecule has 0 heterocycles. The van der Waals surface area contributed by atoms with Crippen molar-refractivity contribution in [2.24, 2.45) is 0 Å². The zero-order valence-electron chi connectivity index (χ0n) is 8.62. The summed E-state index contributed by atoms with van der Waals surface area (Å²) in [5.74, 6) is 0. The predicted molar refractivity (Wildman–Crippen MR) is 59.2 cm³/mol. The Balaban J connectivity index is 2.22. The van der Waals surface area contributed by atoms with Crippen LogP contribution < -0.4 is 0 Å². The van der Waals surface area contributed by atoms with E-state index < -0.39 is 0 Å². The maximum Gasteiger partial charge on any atom is 0.0719 e. The molecule has 0 radical (unpaired) electrons. The van der Waals surface area contributed by atoms with Crippen molar-refractivity contribution in [1.29, 1.82) is 0 Å². The molecule has 1 aromatic carbocycles. The summed E-state index contributed by atoms with van der Waals surface area (Å²) >= 11 is 0. The molecular formula is C13H16O. The first-order valence-electron chi connectivity index (χ1n) is 5.27. The van der Waals surface area contributed by atoms with Crippen LogP contribution in [0.1, 0.15) is 24.5 Å². The van der Waals surface area contributed by atoms with E-state index in [1.165, 1.54) is 23.1 Å². The number of ether oxygens (including phenoxy) is 1. The Kier molecular flexibility index (Phi) is 3.00. The first kappa shape index (κ1) is 9.47. The fourth-order valence-corrected chi connectivity index (χ4v) is 1.91. The molecule has 0 saturated carbocycles. The van der Waals surface area contributed by atoms with Crippen molar-refractivity contribution < 1.29 is 4.74 Å². The van der Waals surface area contributed by atoms with E-state index in [4.69, 9.17) is 4.74 Å². The second-order valence-electron chi connectivity index (χ2n) is 3.56. The Bertz CT molecular complexity index is 339. The number of allylic oxidation sites excluding steroid dienone is 1. The third-order valence-electron chi connectivity index (χ3n) is 2.63. The van der Waals surface area contributed by atoms with Gasteiger partial charge in [-0.2, -0.15) is 0 Å². The van der Waals surface area contributed by atoms with Crippen LogP contribution in [-0.2, 0) is 11.2 Å². The highest BCUT2D eigenvalue weighted by molar-refractivity contribution is 5.70. The molecule has 1 nitrogen and oxygen atoms in total. The SMILES string of the molecule is CCOCC1=CCCc2ccccc21. The molecule has 2 rings (SSSR count). The Morgan fingerprint density at radius 3 is 3.00 bits per heavy atom. The van der Waals surface area contributed by atoms with Gasteiger partial charge in [0.05, 0.1) is 6.61 Å². The van der Waals surface area contributed by atoms with Gasteiger partial charge in [-0.1, -0.05) is 30.3 Å². The van der Waals surface area contributed by atoms with E-state index in [-0.39, 0.29) is 0 Å². The molecule has 0 amide bonds. The summed E-state index contributed by atoms with van der Waals surface area (Å²) < 4.78 is 5.46. The molecule has 0 aliphatic heterocycles. The molecule has 0 unspecified atom stereocenters. The van der Waals surface area contributed by atoms with Crippen molar-refractivity contribution in [3.05, 3.63) is 41.5 Å². The Hall–Kier alpha value is -1.08. The smallest absolute Gasteiger partial charge is 0.0719 e. The maximum absolute atomic E-state index is 5.46. The fourth-order valence-electron chi connectivity index (χ4n) is 1.91. The number of rotatable bonds is 3. The van der Waals surface area contributed by atoms with Gasteiger partial charge in [0.2, 0.25) is 0 Å². The molecule has 0 spiro atoms. The molecular weight excluding hydrogens is 172 g/mol. The molecule has 0 N–H and O–H groups in total. The Labute approximate surface area is 85.4 Å². The zero-order valence-corrected chi connectivity index (χ0v) is 8.62. The molecule has 1 aliphatic carbocycles. The summed E-state index contributed by atoms with van der Waals surface area (Å²) in [5, 5.41) is 0. The van der Waals surface area contributed by atoms with Crippen LogP contribution >= 0.6 is 0 Å². The summed E-state index contributed by atoms with van der Waals surface area (Å²) in [5.41, 5.74) is 4.20. The van der Waals surface area contributed by atoms with Gasteiger partial charge in [-0.15, -0.1) is 0 Å². The van der Waals surface area contributed by atoms with Crippen LogP contribution in [0.4, 0.5) is 0 Å². The van der Waals surface area contributed by atoms with Gasteiger partial charge in [0.25, 0.3) is 0 Å². The third-order valence-corrected chi connectivity index (χ3v) is 2.63. The van der Waals surface area contributed by atoms with Crippen molar-refractivity contribution in [3.8, 4) is 0 Å². The van der Waals surface area contributed by atoms with E-state index in [9.17, 15) is 0 Å². The van der Waals surface area contributed by atoms with Gasteiger partial charge in [0, 0.05) is 6.61 Å². The maximum atomic E-state index is 5.46. The van der Waals surface area contributed by atoms with Gasteiger partial charge in [0.15, 0.2) is 0 Å². The van der Waals surface area contributed by atoms with Gasteiger partial charge < -0.3 is 4.74 Å². The lowest BCUT2D eigenvalue weighted by molar-refractivity contribution is 0.182.